The van der Waals surface area contributed by atoms with Gasteiger partial charge < -0.3 is 9.15 Å². The van der Waals surface area contributed by atoms with E-state index in [0.29, 0.717) is 27.2 Å². The van der Waals surface area contributed by atoms with Crippen LogP contribution in [0.5, 0.6) is 5.75 Å². The number of aromatic nitrogens is 1. The van der Waals surface area contributed by atoms with Crippen molar-refractivity contribution in [2.45, 2.75) is 6.54 Å². The van der Waals surface area contributed by atoms with E-state index in [-0.39, 0.29) is 12.5 Å². The largest absolute Gasteiger partial charge is 0.494 e. The molecule has 4 rings (SSSR count). The Morgan fingerprint density at radius 3 is 2.70 bits per heavy atom. The number of furan rings is 1. The van der Waals surface area contributed by atoms with Crippen molar-refractivity contribution in [3.05, 3.63) is 77.2 Å². The van der Waals surface area contributed by atoms with Gasteiger partial charge in [-0.25, -0.2) is 4.98 Å². The van der Waals surface area contributed by atoms with Gasteiger partial charge in [-0.05, 0) is 48.5 Å². The van der Waals surface area contributed by atoms with Gasteiger partial charge in [0, 0.05) is 10.6 Å². The average Bonchev–Trinajstić information content (AvgIpc) is 3.35. The lowest BCUT2D eigenvalue weighted by Crippen LogP contribution is -2.30. The summed E-state index contributed by atoms with van der Waals surface area (Å²) in [6.07, 6.45) is 1.58. The van der Waals surface area contributed by atoms with E-state index in [2.05, 4.69) is 4.98 Å². The molecule has 0 aliphatic heterocycles. The Hall–Kier alpha value is -2.83. The van der Waals surface area contributed by atoms with Gasteiger partial charge in [-0.2, -0.15) is 0 Å². The summed E-state index contributed by atoms with van der Waals surface area (Å²) >= 11 is 7.38. The molecular formula is C20H15ClN2O3S. The summed E-state index contributed by atoms with van der Waals surface area (Å²) in [5, 5.41) is 1.15. The van der Waals surface area contributed by atoms with Crippen molar-refractivity contribution >= 4 is 44.2 Å². The van der Waals surface area contributed by atoms with Gasteiger partial charge in [-0.1, -0.05) is 29.0 Å². The van der Waals surface area contributed by atoms with Crippen molar-refractivity contribution in [2.75, 3.05) is 12.0 Å². The monoisotopic (exact) mass is 398 g/mol. The highest BCUT2D eigenvalue weighted by Gasteiger charge is 2.23. The van der Waals surface area contributed by atoms with Crippen LogP contribution in [0.1, 0.15) is 16.1 Å². The lowest BCUT2D eigenvalue weighted by Gasteiger charge is -2.18. The van der Waals surface area contributed by atoms with Crippen LogP contribution in [0, 0.1) is 0 Å². The fraction of sp³-hybridized carbons (Fsp3) is 0.100. The number of ether oxygens (including phenoxy) is 1. The Kier molecular flexibility index (Phi) is 4.83. The Morgan fingerprint density at radius 1 is 1.19 bits per heavy atom. The topological polar surface area (TPSA) is 55.6 Å². The Balaban J connectivity index is 1.78. The SMILES string of the molecule is COc1cccc2sc(N(Cc3ccco3)C(=O)c3ccc(Cl)cc3)nc12. The smallest absolute Gasteiger partial charge is 0.260 e. The molecule has 0 unspecified atom stereocenters. The fourth-order valence-electron chi connectivity index (χ4n) is 2.72. The van der Waals surface area contributed by atoms with Crippen LogP contribution in [0.2, 0.25) is 5.02 Å². The molecule has 0 saturated heterocycles. The van der Waals surface area contributed by atoms with Crippen LogP contribution in [-0.2, 0) is 6.54 Å². The number of carbonyl (C=O) groups excluding carboxylic acids is 1. The fourth-order valence-corrected chi connectivity index (χ4v) is 3.83. The first-order valence-electron chi connectivity index (χ1n) is 8.19. The van der Waals surface area contributed by atoms with Crippen LogP contribution in [0.3, 0.4) is 0 Å². The Bertz CT molecular complexity index is 1070. The number of amides is 1. The molecule has 0 bridgehead atoms. The molecule has 0 aliphatic carbocycles. The van der Waals surface area contributed by atoms with Gasteiger partial charge in [-0.15, -0.1) is 0 Å². The third-order valence-corrected chi connectivity index (χ3v) is 5.35. The molecule has 2 heterocycles. The average molecular weight is 399 g/mol. The van der Waals surface area contributed by atoms with Crippen molar-refractivity contribution in [3.8, 4) is 5.75 Å². The van der Waals surface area contributed by atoms with Gasteiger partial charge in [0.05, 0.1) is 24.6 Å². The number of anilines is 1. The first-order valence-corrected chi connectivity index (χ1v) is 9.38. The summed E-state index contributed by atoms with van der Waals surface area (Å²) in [6, 6.07) is 16.1. The highest BCUT2D eigenvalue weighted by Crippen LogP contribution is 2.35. The quantitative estimate of drug-likeness (QED) is 0.451. The molecular weight excluding hydrogens is 384 g/mol. The summed E-state index contributed by atoms with van der Waals surface area (Å²) in [5.41, 5.74) is 1.26. The van der Waals surface area contributed by atoms with Crippen LogP contribution in [0.15, 0.2) is 65.3 Å². The van der Waals surface area contributed by atoms with Gasteiger partial charge in [0.2, 0.25) is 0 Å². The standard InChI is InChI=1S/C20H15ClN2O3S/c1-25-16-5-2-6-17-18(16)22-20(27-17)23(12-15-4-3-11-26-15)19(24)13-7-9-14(21)10-8-13/h2-11H,12H2,1H3. The van der Waals surface area contributed by atoms with E-state index < -0.39 is 0 Å². The van der Waals surface area contributed by atoms with Gasteiger partial charge in [-0.3, -0.25) is 9.69 Å². The number of methoxy groups -OCH3 is 1. The van der Waals surface area contributed by atoms with E-state index in [4.69, 9.17) is 20.8 Å². The van der Waals surface area contributed by atoms with E-state index in [9.17, 15) is 4.79 Å². The van der Waals surface area contributed by atoms with Crippen LogP contribution < -0.4 is 9.64 Å². The van der Waals surface area contributed by atoms with E-state index in [1.165, 1.54) is 11.3 Å². The summed E-state index contributed by atoms with van der Waals surface area (Å²) in [7, 11) is 1.60. The second-order valence-electron chi connectivity index (χ2n) is 5.78. The Labute approximate surface area is 164 Å². The molecule has 1 amide bonds. The zero-order valence-electron chi connectivity index (χ0n) is 14.4. The number of benzene rings is 2. The molecule has 4 aromatic rings. The third-order valence-electron chi connectivity index (χ3n) is 4.05. The zero-order valence-corrected chi connectivity index (χ0v) is 16.0. The molecule has 0 radical (unpaired) electrons. The molecule has 0 N–H and O–H groups in total. The number of nitrogens with zero attached hydrogens (tertiary/aromatic N) is 2. The molecule has 2 aromatic heterocycles. The molecule has 0 saturated carbocycles. The van der Waals surface area contributed by atoms with E-state index >= 15 is 0 Å². The molecule has 0 aliphatic rings. The van der Waals surface area contributed by atoms with E-state index in [0.717, 1.165) is 10.2 Å². The van der Waals surface area contributed by atoms with Gasteiger partial charge in [0.15, 0.2) is 5.13 Å². The van der Waals surface area contributed by atoms with Crippen molar-refractivity contribution in [2.24, 2.45) is 0 Å². The number of thiazole rings is 1. The molecule has 5 nitrogen and oxygen atoms in total. The second kappa shape index (κ2) is 7.42. The predicted molar refractivity (Wildman–Crippen MR) is 107 cm³/mol. The second-order valence-corrected chi connectivity index (χ2v) is 7.23. The number of para-hydroxylation sites is 1. The number of carbonyl (C=O) groups is 1. The lowest BCUT2D eigenvalue weighted by atomic mass is 10.2. The molecule has 2 aromatic carbocycles. The molecule has 27 heavy (non-hydrogen) atoms. The maximum atomic E-state index is 13.2. The molecule has 0 atom stereocenters. The molecule has 0 spiro atoms. The first-order chi connectivity index (χ1) is 13.2. The van der Waals surface area contributed by atoms with Crippen LogP contribution in [0.4, 0.5) is 5.13 Å². The van der Waals surface area contributed by atoms with Crippen LogP contribution in [0.25, 0.3) is 10.2 Å². The lowest BCUT2D eigenvalue weighted by molar-refractivity contribution is 0.0983. The van der Waals surface area contributed by atoms with Gasteiger partial charge in [0.25, 0.3) is 5.91 Å². The first kappa shape index (κ1) is 17.6. The van der Waals surface area contributed by atoms with E-state index in [1.807, 2.05) is 24.3 Å². The van der Waals surface area contributed by atoms with Crippen LogP contribution >= 0.6 is 22.9 Å². The number of rotatable bonds is 5. The zero-order chi connectivity index (χ0) is 18.8. The summed E-state index contributed by atoms with van der Waals surface area (Å²) in [4.78, 5) is 19.5. The summed E-state index contributed by atoms with van der Waals surface area (Å²) in [6.45, 7) is 0.274. The normalized spacial score (nSPS) is 10.9. The number of hydrogen-bond acceptors (Lipinski definition) is 5. The number of halogens is 1. The van der Waals surface area contributed by atoms with Crippen molar-refractivity contribution in [1.82, 2.24) is 4.98 Å². The number of hydrogen-bond donors (Lipinski definition) is 0. The minimum Gasteiger partial charge on any atom is -0.494 e. The minimum atomic E-state index is -0.180. The van der Waals surface area contributed by atoms with Crippen molar-refractivity contribution < 1.29 is 13.9 Å². The maximum Gasteiger partial charge on any atom is 0.260 e. The van der Waals surface area contributed by atoms with Crippen LogP contribution in [-0.4, -0.2) is 18.0 Å². The Morgan fingerprint density at radius 2 is 2.00 bits per heavy atom. The van der Waals surface area contributed by atoms with Gasteiger partial charge >= 0.3 is 0 Å². The highest BCUT2D eigenvalue weighted by atomic mass is 35.5. The van der Waals surface area contributed by atoms with Crippen molar-refractivity contribution in [3.63, 3.8) is 0 Å². The van der Waals surface area contributed by atoms with E-state index in [1.54, 1.807) is 48.6 Å². The van der Waals surface area contributed by atoms with Crippen molar-refractivity contribution in [1.29, 1.82) is 0 Å². The number of fused-ring (bicyclic) bond motifs is 1. The summed E-state index contributed by atoms with van der Waals surface area (Å²) < 4.78 is 11.8. The molecule has 7 heteroatoms. The molecule has 0 fully saturated rings. The summed E-state index contributed by atoms with van der Waals surface area (Å²) in [5.74, 6) is 1.16. The third kappa shape index (κ3) is 3.54. The molecule has 136 valence electrons. The highest BCUT2D eigenvalue weighted by molar-refractivity contribution is 7.22. The van der Waals surface area contributed by atoms with Gasteiger partial charge in [0.1, 0.15) is 17.0 Å². The maximum absolute atomic E-state index is 13.2. The predicted octanol–water partition coefficient (Wildman–Crippen LogP) is 5.40. The minimum absolute atomic E-state index is 0.180.